The Hall–Kier alpha value is -2.75. The van der Waals surface area contributed by atoms with Crippen LogP contribution in [0.25, 0.3) is 0 Å². The van der Waals surface area contributed by atoms with Crippen LogP contribution in [0.4, 0.5) is 0 Å². The molecule has 0 spiro atoms. The van der Waals surface area contributed by atoms with Gasteiger partial charge in [-0.2, -0.15) is 5.10 Å². The van der Waals surface area contributed by atoms with Crippen LogP contribution in [-0.2, 0) is 11.4 Å². The Morgan fingerprint density at radius 2 is 2.13 bits per heavy atom. The van der Waals surface area contributed by atoms with Gasteiger partial charge in [0.05, 0.1) is 24.1 Å². The molecule has 1 aromatic heterocycles. The molecule has 0 saturated heterocycles. The van der Waals surface area contributed by atoms with Gasteiger partial charge in [-0.3, -0.25) is 4.79 Å². The second kappa shape index (κ2) is 10.9. The monoisotopic (exact) mass is 466 g/mol. The topological polar surface area (TPSA) is 98.8 Å². The number of aromatic nitrogens is 2. The molecular weight excluding hydrogens is 451 g/mol. The minimum Gasteiger partial charge on any atom is -0.497 e. The van der Waals surface area contributed by atoms with Gasteiger partial charge in [0.1, 0.15) is 11.5 Å². The zero-order valence-electron chi connectivity index (χ0n) is 15.7. The van der Waals surface area contributed by atoms with E-state index in [1.54, 1.807) is 31.4 Å². The number of methoxy groups -OCH3 is 1. The minimum atomic E-state index is -0.317. The maximum absolute atomic E-state index is 11.9. The van der Waals surface area contributed by atoms with E-state index in [-0.39, 0.29) is 29.4 Å². The molecule has 0 aliphatic rings. The number of nitrogens with one attached hydrogen (secondary N) is 1. The molecule has 0 aliphatic carbocycles. The van der Waals surface area contributed by atoms with E-state index in [4.69, 9.17) is 37.1 Å². The maximum atomic E-state index is 11.9. The number of carbonyl (C=O) groups is 1. The van der Waals surface area contributed by atoms with E-state index in [1.165, 1.54) is 6.21 Å². The Morgan fingerprint density at radius 3 is 2.93 bits per heavy atom. The molecule has 0 saturated carbocycles. The highest BCUT2D eigenvalue weighted by Gasteiger charge is 2.11. The van der Waals surface area contributed by atoms with Gasteiger partial charge in [-0.25, -0.2) is 5.43 Å². The number of ether oxygens (including phenoxy) is 2. The number of rotatable bonds is 9. The second-order valence-electron chi connectivity index (χ2n) is 5.68. The van der Waals surface area contributed by atoms with Gasteiger partial charge >= 0.3 is 0 Å². The van der Waals surface area contributed by atoms with Crippen molar-refractivity contribution in [1.82, 2.24) is 15.6 Å². The number of amides is 1. The van der Waals surface area contributed by atoms with Crippen molar-refractivity contribution < 1.29 is 18.7 Å². The van der Waals surface area contributed by atoms with Crippen LogP contribution in [0, 0.1) is 0 Å². The number of halogens is 2. The Balaban J connectivity index is 1.43. The smallest absolute Gasteiger partial charge is 0.277 e. The highest BCUT2D eigenvalue weighted by Crippen LogP contribution is 2.28. The Morgan fingerprint density at radius 1 is 1.27 bits per heavy atom. The fourth-order valence-corrected chi connectivity index (χ4v) is 3.18. The van der Waals surface area contributed by atoms with Gasteiger partial charge in [-0.05, 0) is 35.9 Å². The molecule has 1 amide bonds. The largest absolute Gasteiger partial charge is 0.497 e. The molecule has 3 rings (SSSR count). The lowest BCUT2D eigenvalue weighted by Gasteiger charge is -2.05. The first kappa shape index (κ1) is 21.9. The maximum Gasteiger partial charge on any atom is 0.277 e. The van der Waals surface area contributed by atoms with Crippen molar-refractivity contribution in [3.8, 4) is 11.5 Å². The highest BCUT2D eigenvalue weighted by molar-refractivity contribution is 7.99. The predicted molar refractivity (Wildman–Crippen MR) is 115 cm³/mol. The van der Waals surface area contributed by atoms with Gasteiger partial charge in [-0.15, -0.1) is 10.2 Å². The fourth-order valence-electron chi connectivity index (χ4n) is 2.15. The predicted octanol–water partition coefficient (Wildman–Crippen LogP) is 4.21. The average Bonchev–Trinajstić information content (AvgIpc) is 3.20. The molecule has 0 radical (unpaired) electrons. The van der Waals surface area contributed by atoms with E-state index < -0.39 is 0 Å². The van der Waals surface area contributed by atoms with Gasteiger partial charge in [0.2, 0.25) is 0 Å². The first-order chi connectivity index (χ1) is 14.5. The molecule has 156 valence electrons. The summed E-state index contributed by atoms with van der Waals surface area (Å²) in [6, 6.07) is 12.2. The summed E-state index contributed by atoms with van der Waals surface area (Å²) in [5, 5.41) is 12.8. The molecular formula is C19H16Cl2N4O4S. The van der Waals surface area contributed by atoms with Crippen LogP contribution >= 0.6 is 35.0 Å². The van der Waals surface area contributed by atoms with E-state index in [9.17, 15) is 4.79 Å². The molecule has 0 atom stereocenters. The third-order valence-electron chi connectivity index (χ3n) is 3.52. The van der Waals surface area contributed by atoms with Crippen molar-refractivity contribution in [2.24, 2.45) is 5.10 Å². The fraction of sp³-hybridized carbons (Fsp3) is 0.158. The van der Waals surface area contributed by atoms with Crippen LogP contribution in [0.3, 0.4) is 0 Å². The van der Waals surface area contributed by atoms with E-state index in [0.717, 1.165) is 17.3 Å². The SMILES string of the molecule is COc1cccc(/C=N\NC(=O)CSc2nnc(COc3ccc(Cl)cc3Cl)o2)c1. The molecule has 1 N–H and O–H groups in total. The third kappa shape index (κ3) is 6.65. The standard InChI is InChI=1S/C19H16Cl2N4O4S/c1-27-14-4-2-3-12(7-14)9-22-23-17(26)11-30-19-25-24-18(29-19)10-28-16-6-5-13(20)8-15(16)21/h2-9H,10-11H2,1H3,(H,23,26)/b22-9-. The van der Waals surface area contributed by atoms with Gasteiger partial charge in [0, 0.05) is 5.02 Å². The molecule has 2 aromatic carbocycles. The minimum absolute atomic E-state index is 0.0337. The Labute approximate surface area is 186 Å². The molecule has 0 aliphatic heterocycles. The number of carbonyl (C=O) groups excluding carboxylic acids is 1. The first-order valence-corrected chi connectivity index (χ1v) is 10.3. The summed E-state index contributed by atoms with van der Waals surface area (Å²) in [7, 11) is 1.58. The Bertz CT molecular complexity index is 1040. The number of hydrazone groups is 1. The van der Waals surface area contributed by atoms with Crippen LogP contribution in [0.2, 0.25) is 10.0 Å². The van der Waals surface area contributed by atoms with Crippen molar-refractivity contribution in [2.75, 3.05) is 12.9 Å². The van der Waals surface area contributed by atoms with Crippen molar-refractivity contribution in [1.29, 1.82) is 0 Å². The van der Waals surface area contributed by atoms with Crippen LogP contribution in [-0.4, -0.2) is 35.2 Å². The summed E-state index contributed by atoms with van der Waals surface area (Å²) in [5.74, 6) is 1.14. The molecule has 1 heterocycles. The van der Waals surface area contributed by atoms with E-state index in [1.807, 2.05) is 18.2 Å². The lowest BCUT2D eigenvalue weighted by Crippen LogP contribution is -2.19. The number of benzene rings is 2. The summed E-state index contributed by atoms with van der Waals surface area (Å²) >= 11 is 13.0. The van der Waals surface area contributed by atoms with E-state index in [0.29, 0.717) is 21.5 Å². The average molecular weight is 467 g/mol. The van der Waals surface area contributed by atoms with Gasteiger partial charge in [0.25, 0.3) is 17.0 Å². The number of hydrogen-bond donors (Lipinski definition) is 1. The number of hydrogen-bond acceptors (Lipinski definition) is 8. The molecule has 8 nitrogen and oxygen atoms in total. The quantitative estimate of drug-likeness (QED) is 0.286. The first-order valence-electron chi connectivity index (χ1n) is 8.52. The summed E-state index contributed by atoms with van der Waals surface area (Å²) in [6.07, 6.45) is 1.52. The molecule has 3 aromatic rings. The summed E-state index contributed by atoms with van der Waals surface area (Å²) < 4.78 is 16.1. The van der Waals surface area contributed by atoms with Crippen LogP contribution in [0.1, 0.15) is 11.5 Å². The molecule has 30 heavy (non-hydrogen) atoms. The lowest BCUT2D eigenvalue weighted by atomic mass is 10.2. The highest BCUT2D eigenvalue weighted by atomic mass is 35.5. The number of thioether (sulfide) groups is 1. The van der Waals surface area contributed by atoms with Crippen LogP contribution in [0.15, 0.2) is 57.2 Å². The molecule has 0 fully saturated rings. The summed E-state index contributed by atoms with van der Waals surface area (Å²) in [4.78, 5) is 11.9. The van der Waals surface area contributed by atoms with Crippen LogP contribution < -0.4 is 14.9 Å². The van der Waals surface area contributed by atoms with Crippen LogP contribution in [0.5, 0.6) is 11.5 Å². The zero-order chi connectivity index (χ0) is 21.3. The summed E-state index contributed by atoms with van der Waals surface area (Å²) in [5.41, 5.74) is 3.23. The Kier molecular flexibility index (Phi) is 7.95. The normalized spacial score (nSPS) is 10.9. The van der Waals surface area contributed by atoms with Gasteiger partial charge < -0.3 is 13.9 Å². The van der Waals surface area contributed by atoms with Gasteiger partial charge in [-0.1, -0.05) is 47.1 Å². The summed E-state index contributed by atoms with van der Waals surface area (Å²) in [6.45, 7) is 0.0337. The molecule has 0 bridgehead atoms. The van der Waals surface area contributed by atoms with Gasteiger partial charge in [0.15, 0.2) is 6.61 Å². The molecule has 0 unspecified atom stereocenters. The van der Waals surface area contributed by atoms with E-state index in [2.05, 4.69) is 20.7 Å². The van der Waals surface area contributed by atoms with Crippen molar-refractivity contribution in [2.45, 2.75) is 11.8 Å². The number of nitrogens with zero attached hydrogens (tertiary/aromatic N) is 3. The second-order valence-corrected chi connectivity index (χ2v) is 7.45. The van der Waals surface area contributed by atoms with Crippen molar-refractivity contribution >= 4 is 47.1 Å². The van der Waals surface area contributed by atoms with E-state index >= 15 is 0 Å². The lowest BCUT2D eigenvalue weighted by molar-refractivity contribution is -0.118. The van der Waals surface area contributed by atoms with Crippen molar-refractivity contribution in [3.63, 3.8) is 0 Å². The zero-order valence-corrected chi connectivity index (χ0v) is 18.0. The third-order valence-corrected chi connectivity index (χ3v) is 4.87. The molecule has 11 heteroatoms. The van der Waals surface area contributed by atoms with Crippen molar-refractivity contribution in [3.05, 3.63) is 64.0 Å².